The van der Waals surface area contributed by atoms with Gasteiger partial charge in [-0.25, -0.2) is 17.2 Å². The molecule has 0 amide bonds. The van der Waals surface area contributed by atoms with Crippen LogP contribution in [0.4, 0.5) is 8.78 Å². The zero-order chi connectivity index (χ0) is 17.2. The summed E-state index contributed by atoms with van der Waals surface area (Å²) >= 11 is 0. The lowest BCUT2D eigenvalue weighted by Crippen LogP contribution is -2.48. The molecule has 7 heteroatoms. The van der Waals surface area contributed by atoms with Gasteiger partial charge in [0.2, 0.25) is 10.0 Å². The van der Waals surface area contributed by atoms with Crippen LogP contribution in [0, 0.1) is 11.6 Å². The number of hydrogen-bond donors (Lipinski definition) is 0. The van der Waals surface area contributed by atoms with Gasteiger partial charge in [0.05, 0.1) is 4.90 Å². The van der Waals surface area contributed by atoms with Gasteiger partial charge in [-0.1, -0.05) is 18.2 Å². The van der Waals surface area contributed by atoms with Crippen LogP contribution in [0.15, 0.2) is 53.4 Å². The first-order chi connectivity index (χ1) is 11.5. The molecule has 3 rings (SSSR count). The standard InChI is InChI=1S/C17H18F2N2O2S/c18-15-5-7-16(8-6-15)24(22,23)21-11-9-20(10-12-21)13-14-3-1-2-4-17(14)19/h1-8H,9-13H2. The predicted octanol–water partition coefficient (Wildman–Crippen LogP) is 2.47. The monoisotopic (exact) mass is 352 g/mol. The maximum absolute atomic E-state index is 13.7. The Balaban J connectivity index is 1.64. The van der Waals surface area contributed by atoms with Gasteiger partial charge in [0.1, 0.15) is 11.6 Å². The van der Waals surface area contributed by atoms with Gasteiger partial charge in [-0.2, -0.15) is 4.31 Å². The second-order valence-corrected chi connectivity index (χ2v) is 7.66. The number of nitrogens with zero attached hydrogens (tertiary/aromatic N) is 2. The minimum absolute atomic E-state index is 0.0893. The summed E-state index contributed by atoms with van der Waals surface area (Å²) in [4.78, 5) is 2.11. The van der Waals surface area contributed by atoms with E-state index in [1.807, 2.05) is 4.90 Å². The minimum Gasteiger partial charge on any atom is -0.296 e. The van der Waals surface area contributed by atoms with Crippen LogP contribution < -0.4 is 0 Å². The van der Waals surface area contributed by atoms with E-state index in [0.717, 1.165) is 12.1 Å². The highest BCUT2D eigenvalue weighted by Gasteiger charge is 2.28. The first-order valence-electron chi connectivity index (χ1n) is 7.68. The third kappa shape index (κ3) is 3.63. The van der Waals surface area contributed by atoms with Gasteiger partial charge in [-0.15, -0.1) is 0 Å². The van der Waals surface area contributed by atoms with Gasteiger partial charge in [-0.05, 0) is 30.3 Å². The SMILES string of the molecule is O=S(=O)(c1ccc(F)cc1)N1CCN(Cc2ccccc2F)CC1. The molecule has 1 heterocycles. The molecule has 1 fully saturated rings. The zero-order valence-electron chi connectivity index (χ0n) is 13.0. The van der Waals surface area contributed by atoms with Gasteiger partial charge in [0.25, 0.3) is 0 Å². The van der Waals surface area contributed by atoms with Crippen molar-refractivity contribution in [2.24, 2.45) is 0 Å². The largest absolute Gasteiger partial charge is 0.296 e. The molecule has 4 nitrogen and oxygen atoms in total. The van der Waals surface area contributed by atoms with Crippen molar-refractivity contribution >= 4 is 10.0 Å². The molecule has 2 aromatic carbocycles. The summed E-state index contributed by atoms with van der Waals surface area (Å²) in [6.07, 6.45) is 0. The Labute approximate surface area is 140 Å². The van der Waals surface area contributed by atoms with Crippen LogP contribution in [0.3, 0.4) is 0 Å². The van der Waals surface area contributed by atoms with Crippen LogP contribution in [0.1, 0.15) is 5.56 Å². The highest BCUT2D eigenvalue weighted by Crippen LogP contribution is 2.19. The molecule has 1 aliphatic rings. The highest BCUT2D eigenvalue weighted by molar-refractivity contribution is 7.89. The van der Waals surface area contributed by atoms with E-state index >= 15 is 0 Å². The fourth-order valence-electron chi connectivity index (χ4n) is 2.75. The van der Waals surface area contributed by atoms with Crippen LogP contribution in [0.25, 0.3) is 0 Å². The summed E-state index contributed by atoms with van der Waals surface area (Å²) in [6, 6.07) is 11.4. The summed E-state index contributed by atoms with van der Waals surface area (Å²) in [7, 11) is -3.62. The molecule has 0 unspecified atom stereocenters. The van der Waals surface area contributed by atoms with Gasteiger partial charge >= 0.3 is 0 Å². The second kappa shape index (κ2) is 6.96. The number of hydrogen-bond acceptors (Lipinski definition) is 3. The Morgan fingerprint density at radius 3 is 2.12 bits per heavy atom. The first kappa shape index (κ1) is 17.0. The van der Waals surface area contributed by atoms with Crippen molar-refractivity contribution in [3.05, 3.63) is 65.7 Å². The quantitative estimate of drug-likeness (QED) is 0.849. The Kier molecular flexibility index (Phi) is 4.93. The Morgan fingerprint density at radius 2 is 1.50 bits per heavy atom. The third-order valence-corrected chi connectivity index (χ3v) is 6.05. The summed E-state index contributed by atoms with van der Waals surface area (Å²) in [5.74, 6) is -0.720. The van der Waals surface area contributed by atoms with E-state index in [4.69, 9.17) is 0 Å². The molecule has 2 aromatic rings. The van der Waals surface area contributed by atoms with Crippen LogP contribution in [-0.2, 0) is 16.6 Å². The number of sulfonamides is 1. The van der Waals surface area contributed by atoms with Crippen LogP contribution in [0.2, 0.25) is 0 Å². The van der Waals surface area contributed by atoms with Crippen LogP contribution in [0.5, 0.6) is 0 Å². The van der Waals surface area contributed by atoms with Crippen LogP contribution >= 0.6 is 0 Å². The smallest absolute Gasteiger partial charge is 0.243 e. The number of halogens is 2. The van der Waals surface area contributed by atoms with E-state index in [1.165, 1.54) is 22.5 Å². The van der Waals surface area contributed by atoms with E-state index in [-0.39, 0.29) is 10.7 Å². The number of rotatable bonds is 4. The maximum atomic E-state index is 13.7. The lowest BCUT2D eigenvalue weighted by atomic mass is 10.2. The average Bonchev–Trinajstić information content (AvgIpc) is 2.58. The maximum Gasteiger partial charge on any atom is 0.243 e. The van der Waals surface area contributed by atoms with E-state index in [9.17, 15) is 17.2 Å². The molecule has 0 saturated carbocycles. The molecule has 0 bridgehead atoms. The van der Waals surface area contributed by atoms with E-state index in [1.54, 1.807) is 18.2 Å². The zero-order valence-corrected chi connectivity index (χ0v) is 13.8. The normalized spacial score (nSPS) is 17.1. The number of piperazine rings is 1. The molecule has 24 heavy (non-hydrogen) atoms. The van der Waals surface area contributed by atoms with Crippen molar-refractivity contribution < 1.29 is 17.2 Å². The fourth-order valence-corrected chi connectivity index (χ4v) is 4.17. The molecule has 0 radical (unpaired) electrons. The predicted molar refractivity (Wildman–Crippen MR) is 86.8 cm³/mol. The van der Waals surface area contributed by atoms with E-state index in [0.29, 0.717) is 38.3 Å². The van der Waals surface area contributed by atoms with Gasteiger partial charge in [0.15, 0.2) is 0 Å². The fraction of sp³-hybridized carbons (Fsp3) is 0.294. The first-order valence-corrected chi connectivity index (χ1v) is 9.12. The van der Waals surface area contributed by atoms with Crippen LogP contribution in [-0.4, -0.2) is 43.8 Å². The second-order valence-electron chi connectivity index (χ2n) is 5.73. The molecule has 1 aliphatic heterocycles. The van der Waals surface area contributed by atoms with E-state index < -0.39 is 15.8 Å². The topological polar surface area (TPSA) is 40.6 Å². The summed E-state index contributed by atoms with van der Waals surface area (Å²) in [5.41, 5.74) is 0.604. The Morgan fingerprint density at radius 1 is 0.875 bits per heavy atom. The van der Waals surface area contributed by atoms with Crippen molar-refractivity contribution in [1.82, 2.24) is 9.21 Å². The molecular weight excluding hydrogens is 334 g/mol. The van der Waals surface area contributed by atoms with Crippen molar-refractivity contribution in [3.8, 4) is 0 Å². The van der Waals surface area contributed by atoms with Crippen molar-refractivity contribution in [1.29, 1.82) is 0 Å². The molecule has 1 saturated heterocycles. The Hall–Kier alpha value is -1.83. The Bertz CT molecular complexity index is 802. The molecule has 0 N–H and O–H groups in total. The summed E-state index contributed by atoms with van der Waals surface area (Å²) < 4.78 is 53.1. The summed E-state index contributed by atoms with van der Waals surface area (Å²) in [5, 5.41) is 0. The van der Waals surface area contributed by atoms with Gasteiger partial charge < -0.3 is 0 Å². The van der Waals surface area contributed by atoms with Crippen molar-refractivity contribution in [2.45, 2.75) is 11.4 Å². The lowest BCUT2D eigenvalue weighted by Gasteiger charge is -2.34. The third-order valence-electron chi connectivity index (χ3n) is 4.13. The summed E-state index contributed by atoms with van der Waals surface area (Å²) in [6.45, 7) is 2.16. The minimum atomic E-state index is -3.62. The van der Waals surface area contributed by atoms with Gasteiger partial charge in [-0.3, -0.25) is 4.90 Å². The molecule has 0 atom stereocenters. The highest BCUT2D eigenvalue weighted by atomic mass is 32.2. The van der Waals surface area contributed by atoms with Crippen molar-refractivity contribution in [2.75, 3.05) is 26.2 Å². The lowest BCUT2D eigenvalue weighted by molar-refractivity contribution is 0.180. The molecule has 128 valence electrons. The molecule has 0 spiro atoms. The molecule has 0 aromatic heterocycles. The van der Waals surface area contributed by atoms with Crippen molar-refractivity contribution in [3.63, 3.8) is 0 Å². The molecular formula is C17H18F2N2O2S. The molecule has 0 aliphatic carbocycles. The average molecular weight is 352 g/mol. The number of benzene rings is 2. The van der Waals surface area contributed by atoms with Gasteiger partial charge in [0, 0.05) is 38.3 Å². The van der Waals surface area contributed by atoms with E-state index in [2.05, 4.69) is 0 Å².